The van der Waals surface area contributed by atoms with E-state index in [0.29, 0.717) is 17.1 Å². The zero-order valence-corrected chi connectivity index (χ0v) is 15.4. The summed E-state index contributed by atoms with van der Waals surface area (Å²) in [5, 5.41) is 3.15. The molecule has 0 unspecified atom stereocenters. The molecular weight excluding hydrogens is 328 g/mol. The summed E-state index contributed by atoms with van der Waals surface area (Å²) in [5.74, 6) is 1.13. The minimum atomic E-state index is -0.0625. The Morgan fingerprint density at radius 1 is 1.04 bits per heavy atom. The predicted molar refractivity (Wildman–Crippen MR) is 102 cm³/mol. The van der Waals surface area contributed by atoms with Crippen LogP contribution in [0.1, 0.15) is 28.8 Å². The molecule has 2 aromatic carbocycles. The summed E-state index contributed by atoms with van der Waals surface area (Å²) in [4.78, 5) is 15.0. The minimum Gasteiger partial charge on any atom is -0.493 e. The number of hydrogen-bond acceptors (Lipinski definition) is 4. The third kappa shape index (κ3) is 4.55. The molecule has 0 spiro atoms. The second-order valence-corrected chi connectivity index (χ2v) is 6.58. The second kappa shape index (κ2) is 8.72. The SMILES string of the molecule is COc1ccc(C(=O)NC2CCN(Cc3ccccc3)CC2)cc1OC. The Hall–Kier alpha value is -2.53. The number of likely N-dealkylation sites (tertiary alicyclic amines) is 1. The van der Waals surface area contributed by atoms with Crippen molar-refractivity contribution in [2.45, 2.75) is 25.4 Å². The molecule has 5 heteroatoms. The van der Waals surface area contributed by atoms with Gasteiger partial charge in [0.25, 0.3) is 5.91 Å². The smallest absolute Gasteiger partial charge is 0.251 e. The third-order valence-corrected chi connectivity index (χ3v) is 4.82. The van der Waals surface area contributed by atoms with E-state index in [-0.39, 0.29) is 11.9 Å². The van der Waals surface area contributed by atoms with E-state index in [1.165, 1.54) is 5.56 Å². The van der Waals surface area contributed by atoms with Gasteiger partial charge in [0, 0.05) is 31.2 Å². The molecule has 5 nitrogen and oxygen atoms in total. The van der Waals surface area contributed by atoms with Crippen molar-refractivity contribution < 1.29 is 14.3 Å². The molecule has 0 atom stereocenters. The fourth-order valence-corrected chi connectivity index (χ4v) is 3.32. The highest BCUT2D eigenvalue weighted by Crippen LogP contribution is 2.27. The van der Waals surface area contributed by atoms with Gasteiger partial charge in [0.05, 0.1) is 14.2 Å². The van der Waals surface area contributed by atoms with Crippen LogP contribution in [0.5, 0.6) is 11.5 Å². The van der Waals surface area contributed by atoms with E-state index in [0.717, 1.165) is 32.5 Å². The number of hydrogen-bond donors (Lipinski definition) is 1. The van der Waals surface area contributed by atoms with Crippen LogP contribution >= 0.6 is 0 Å². The summed E-state index contributed by atoms with van der Waals surface area (Å²) in [6.07, 6.45) is 1.93. The van der Waals surface area contributed by atoms with Gasteiger partial charge in [-0.15, -0.1) is 0 Å². The maximum atomic E-state index is 12.5. The van der Waals surface area contributed by atoms with Gasteiger partial charge in [-0.25, -0.2) is 0 Å². The largest absolute Gasteiger partial charge is 0.493 e. The summed E-state index contributed by atoms with van der Waals surface area (Å²) < 4.78 is 10.5. The number of piperidine rings is 1. The van der Waals surface area contributed by atoms with Crippen LogP contribution in [0.2, 0.25) is 0 Å². The van der Waals surface area contributed by atoms with Crippen LogP contribution in [0.3, 0.4) is 0 Å². The highest BCUT2D eigenvalue weighted by molar-refractivity contribution is 5.95. The molecule has 1 heterocycles. The molecule has 0 bridgehead atoms. The van der Waals surface area contributed by atoms with Gasteiger partial charge in [0.2, 0.25) is 0 Å². The number of nitrogens with zero attached hydrogens (tertiary/aromatic N) is 1. The quantitative estimate of drug-likeness (QED) is 0.866. The molecule has 1 saturated heterocycles. The lowest BCUT2D eigenvalue weighted by Crippen LogP contribution is -2.44. The van der Waals surface area contributed by atoms with Crippen LogP contribution in [0.25, 0.3) is 0 Å². The molecule has 0 radical (unpaired) electrons. The third-order valence-electron chi connectivity index (χ3n) is 4.82. The van der Waals surface area contributed by atoms with Gasteiger partial charge in [-0.05, 0) is 36.6 Å². The fraction of sp³-hybridized carbons (Fsp3) is 0.381. The van der Waals surface area contributed by atoms with E-state index in [2.05, 4.69) is 34.5 Å². The molecule has 1 fully saturated rings. The molecule has 0 aliphatic carbocycles. The maximum absolute atomic E-state index is 12.5. The van der Waals surface area contributed by atoms with E-state index in [9.17, 15) is 4.79 Å². The summed E-state index contributed by atoms with van der Waals surface area (Å²) in [7, 11) is 3.16. The van der Waals surface area contributed by atoms with Crippen LogP contribution in [0.4, 0.5) is 0 Å². The van der Waals surface area contributed by atoms with Gasteiger partial charge in [-0.1, -0.05) is 30.3 Å². The Labute approximate surface area is 154 Å². The van der Waals surface area contributed by atoms with Crippen molar-refractivity contribution in [1.29, 1.82) is 0 Å². The number of methoxy groups -OCH3 is 2. The number of carbonyl (C=O) groups is 1. The number of nitrogens with one attached hydrogen (secondary N) is 1. The topological polar surface area (TPSA) is 50.8 Å². The van der Waals surface area contributed by atoms with Gasteiger partial charge in [-0.2, -0.15) is 0 Å². The van der Waals surface area contributed by atoms with Crippen LogP contribution in [-0.2, 0) is 6.54 Å². The average Bonchev–Trinajstić information content (AvgIpc) is 2.69. The van der Waals surface area contributed by atoms with Gasteiger partial charge >= 0.3 is 0 Å². The predicted octanol–water partition coefficient (Wildman–Crippen LogP) is 3.10. The molecule has 1 N–H and O–H groups in total. The number of rotatable bonds is 6. The normalized spacial score (nSPS) is 15.5. The lowest BCUT2D eigenvalue weighted by Gasteiger charge is -2.32. The van der Waals surface area contributed by atoms with E-state index in [1.54, 1.807) is 32.4 Å². The van der Waals surface area contributed by atoms with Crippen LogP contribution in [0, 0.1) is 0 Å². The van der Waals surface area contributed by atoms with Crippen molar-refractivity contribution >= 4 is 5.91 Å². The molecular formula is C21H26N2O3. The zero-order chi connectivity index (χ0) is 18.4. The monoisotopic (exact) mass is 354 g/mol. The highest BCUT2D eigenvalue weighted by atomic mass is 16.5. The summed E-state index contributed by atoms with van der Waals surface area (Å²) in [6.45, 7) is 2.95. The Balaban J connectivity index is 1.52. The van der Waals surface area contributed by atoms with Crippen molar-refractivity contribution in [3.63, 3.8) is 0 Å². The molecule has 1 amide bonds. The molecule has 2 aromatic rings. The van der Waals surface area contributed by atoms with E-state index < -0.39 is 0 Å². The highest BCUT2D eigenvalue weighted by Gasteiger charge is 2.21. The lowest BCUT2D eigenvalue weighted by atomic mass is 10.0. The van der Waals surface area contributed by atoms with Crippen LogP contribution in [0.15, 0.2) is 48.5 Å². The first-order valence-corrected chi connectivity index (χ1v) is 8.98. The lowest BCUT2D eigenvalue weighted by molar-refractivity contribution is 0.0908. The van der Waals surface area contributed by atoms with Crippen LogP contribution in [-0.4, -0.2) is 44.2 Å². The standard InChI is InChI=1S/C21H26N2O3/c1-25-19-9-8-17(14-20(19)26-2)21(24)22-18-10-12-23(13-11-18)15-16-6-4-3-5-7-16/h3-9,14,18H,10-13,15H2,1-2H3,(H,22,24). The van der Waals surface area contributed by atoms with E-state index in [1.807, 2.05) is 6.07 Å². The minimum absolute atomic E-state index is 0.0625. The Bertz CT molecular complexity index is 725. The Morgan fingerprint density at radius 2 is 1.73 bits per heavy atom. The Morgan fingerprint density at radius 3 is 2.38 bits per heavy atom. The first-order chi connectivity index (χ1) is 12.7. The molecule has 1 aliphatic heterocycles. The van der Waals surface area contributed by atoms with Gasteiger partial charge in [0.1, 0.15) is 0 Å². The van der Waals surface area contributed by atoms with E-state index >= 15 is 0 Å². The van der Waals surface area contributed by atoms with Crippen molar-refractivity contribution in [1.82, 2.24) is 10.2 Å². The second-order valence-electron chi connectivity index (χ2n) is 6.58. The number of benzene rings is 2. The zero-order valence-electron chi connectivity index (χ0n) is 15.4. The molecule has 138 valence electrons. The number of carbonyl (C=O) groups excluding carboxylic acids is 1. The van der Waals surface area contributed by atoms with Crippen molar-refractivity contribution in [3.05, 3.63) is 59.7 Å². The maximum Gasteiger partial charge on any atom is 0.251 e. The molecule has 0 aromatic heterocycles. The summed E-state index contributed by atoms with van der Waals surface area (Å²) in [6, 6.07) is 16.0. The van der Waals surface area contributed by atoms with Crippen LogP contribution < -0.4 is 14.8 Å². The number of amides is 1. The Kier molecular flexibility index (Phi) is 6.12. The first-order valence-electron chi connectivity index (χ1n) is 8.98. The molecule has 26 heavy (non-hydrogen) atoms. The molecule has 3 rings (SSSR count). The van der Waals surface area contributed by atoms with Gasteiger partial charge < -0.3 is 14.8 Å². The summed E-state index contributed by atoms with van der Waals surface area (Å²) in [5.41, 5.74) is 1.93. The fourth-order valence-electron chi connectivity index (χ4n) is 3.32. The van der Waals surface area contributed by atoms with Crippen molar-refractivity contribution in [2.24, 2.45) is 0 Å². The van der Waals surface area contributed by atoms with Gasteiger partial charge in [-0.3, -0.25) is 9.69 Å². The van der Waals surface area contributed by atoms with Gasteiger partial charge in [0.15, 0.2) is 11.5 Å². The van der Waals surface area contributed by atoms with Crippen molar-refractivity contribution in [2.75, 3.05) is 27.3 Å². The average molecular weight is 354 g/mol. The number of ether oxygens (including phenoxy) is 2. The molecule has 0 saturated carbocycles. The summed E-state index contributed by atoms with van der Waals surface area (Å²) >= 11 is 0. The van der Waals surface area contributed by atoms with Crippen molar-refractivity contribution in [3.8, 4) is 11.5 Å². The first kappa shape index (κ1) is 18.3. The molecule has 1 aliphatic rings. The van der Waals surface area contributed by atoms with E-state index in [4.69, 9.17) is 9.47 Å².